The highest BCUT2D eigenvalue weighted by Crippen LogP contribution is 2.23. The first-order chi connectivity index (χ1) is 15.8. The predicted molar refractivity (Wildman–Crippen MR) is 125 cm³/mol. The van der Waals surface area contributed by atoms with Gasteiger partial charge in [0.15, 0.2) is 0 Å². The van der Waals surface area contributed by atoms with Gasteiger partial charge in [0.2, 0.25) is 25.9 Å². The summed E-state index contributed by atoms with van der Waals surface area (Å²) in [5.74, 6) is -0.481. The average molecular weight is 508 g/mol. The van der Waals surface area contributed by atoms with Crippen LogP contribution in [0.4, 0.5) is 6.01 Å². The van der Waals surface area contributed by atoms with Gasteiger partial charge in [-0.25, -0.2) is 21.1 Å². The Morgan fingerprint density at radius 3 is 1.91 bits per heavy atom. The maximum absolute atomic E-state index is 12.5. The number of hydrogen-bond donors (Lipinski definition) is 1. The molecule has 13 heteroatoms. The number of carbonyl (C=O) groups is 1. The Balaban J connectivity index is 1.72. The summed E-state index contributed by atoms with van der Waals surface area (Å²) in [6.07, 6.45) is 0. The van der Waals surface area contributed by atoms with Gasteiger partial charge in [-0.3, -0.25) is 10.1 Å². The van der Waals surface area contributed by atoms with Gasteiger partial charge in [-0.05, 0) is 62.4 Å². The highest BCUT2D eigenvalue weighted by Gasteiger charge is 2.23. The number of sulfonamides is 2. The minimum atomic E-state index is -3.66. The normalized spacial score (nSPS) is 12.5. The zero-order valence-electron chi connectivity index (χ0n) is 19.3. The Labute approximate surface area is 198 Å². The number of anilines is 1. The fourth-order valence-corrected chi connectivity index (χ4v) is 5.03. The van der Waals surface area contributed by atoms with Gasteiger partial charge >= 0.3 is 6.01 Å². The van der Waals surface area contributed by atoms with E-state index in [1.165, 1.54) is 74.0 Å². The second kappa shape index (κ2) is 9.62. The smallest absolute Gasteiger partial charge is 0.322 e. The first-order valence-corrected chi connectivity index (χ1v) is 13.0. The number of hydrogen-bond acceptors (Lipinski definition) is 8. The Morgan fingerprint density at radius 2 is 1.38 bits per heavy atom. The number of benzene rings is 2. The van der Waals surface area contributed by atoms with Crippen LogP contribution in [0.3, 0.4) is 0 Å². The van der Waals surface area contributed by atoms with E-state index in [-0.39, 0.29) is 33.3 Å². The van der Waals surface area contributed by atoms with E-state index >= 15 is 0 Å². The van der Waals surface area contributed by atoms with Crippen LogP contribution in [0.5, 0.6) is 0 Å². The summed E-state index contributed by atoms with van der Waals surface area (Å²) in [6.45, 7) is 3.52. The molecular weight excluding hydrogens is 482 g/mol. The van der Waals surface area contributed by atoms with Gasteiger partial charge in [-0.15, -0.1) is 5.10 Å². The Bertz CT molecular complexity index is 1380. The highest BCUT2D eigenvalue weighted by molar-refractivity contribution is 7.89. The van der Waals surface area contributed by atoms with Crippen LogP contribution in [0.25, 0.3) is 11.5 Å². The molecule has 0 atom stereocenters. The number of amides is 1. The number of rotatable bonds is 8. The lowest BCUT2D eigenvalue weighted by Gasteiger charge is -2.20. The van der Waals surface area contributed by atoms with Crippen molar-refractivity contribution in [1.29, 1.82) is 0 Å². The predicted octanol–water partition coefficient (Wildman–Crippen LogP) is 2.27. The van der Waals surface area contributed by atoms with E-state index in [9.17, 15) is 21.6 Å². The van der Waals surface area contributed by atoms with E-state index in [1.807, 2.05) is 0 Å². The summed E-state index contributed by atoms with van der Waals surface area (Å²) in [4.78, 5) is 12.7. The molecule has 182 valence electrons. The van der Waals surface area contributed by atoms with Crippen LogP contribution in [0, 0.1) is 0 Å². The number of carbonyl (C=O) groups excluding carboxylic acids is 1. The molecule has 3 rings (SSSR count). The highest BCUT2D eigenvalue weighted by atomic mass is 32.2. The van der Waals surface area contributed by atoms with E-state index in [0.717, 1.165) is 4.31 Å². The van der Waals surface area contributed by atoms with Crippen molar-refractivity contribution in [3.05, 3.63) is 54.1 Å². The summed E-state index contributed by atoms with van der Waals surface area (Å²) < 4.78 is 57.2. The van der Waals surface area contributed by atoms with Crippen LogP contribution < -0.4 is 5.32 Å². The van der Waals surface area contributed by atoms with Crippen LogP contribution in [0.2, 0.25) is 0 Å². The lowest BCUT2D eigenvalue weighted by atomic mass is 10.2. The maximum atomic E-state index is 12.5. The number of nitrogens with zero attached hydrogens (tertiary/aromatic N) is 4. The van der Waals surface area contributed by atoms with Gasteiger partial charge < -0.3 is 4.42 Å². The van der Waals surface area contributed by atoms with E-state index in [0.29, 0.717) is 5.56 Å². The molecule has 0 unspecified atom stereocenters. The van der Waals surface area contributed by atoms with Crippen molar-refractivity contribution < 1.29 is 26.0 Å². The molecule has 0 aliphatic heterocycles. The van der Waals surface area contributed by atoms with Crippen molar-refractivity contribution in [2.75, 3.05) is 26.5 Å². The van der Waals surface area contributed by atoms with Crippen molar-refractivity contribution in [3.63, 3.8) is 0 Å². The average Bonchev–Trinajstić information content (AvgIpc) is 3.26. The standard InChI is InChI=1S/C21H25N5O6S2/c1-14(2)26(5)34(30,31)18-10-6-15(7-11-18)19(27)22-21-24-23-20(32-21)16-8-12-17(13-9-16)33(28,29)25(3)4/h6-14H,1-5H3,(H,22,24,27). The zero-order chi connectivity index (χ0) is 25.3. The van der Waals surface area contributed by atoms with Gasteiger partial charge in [0.25, 0.3) is 5.91 Å². The molecule has 0 fully saturated rings. The number of aromatic nitrogens is 2. The molecule has 0 aliphatic rings. The fourth-order valence-electron chi connectivity index (χ4n) is 2.76. The largest absolute Gasteiger partial charge is 0.403 e. The van der Waals surface area contributed by atoms with Crippen LogP contribution >= 0.6 is 0 Å². The van der Waals surface area contributed by atoms with Crippen molar-refractivity contribution in [2.24, 2.45) is 0 Å². The van der Waals surface area contributed by atoms with Crippen LogP contribution in [0.1, 0.15) is 24.2 Å². The van der Waals surface area contributed by atoms with Gasteiger partial charge in [-0.1, -0.05) is 5.10 Å². The summed E-state index contributed by atoms with van der Waals surface area (Å²) in [5.41, 5.74) is 0.665. The zero-order valence-corrected chi connectivity index (χ0v) is 20.9. The molecule has 11 nitrogen and oxygen atoms in total. The molecule has 0 bridgehead atoms. The van der Waals surface area contributed by atoms with Crippen LogP contribution in [-0.4, -0.2) is 68.7 Å². The first-order valence-electron chi connectivity index (χ1n) is 10.1. The fraction of sp³-hybridized carbons (Fsp3) is 0.286. The third kappa shape index (κ3) is 5.17. The van der Waals surface area contributed by atoms with Gasteiger partial charge in [0.1, 0.15) is 0 Å². The van der Waals surface area contributed by atoms with Gasteiger partial charge in [0.05, 0.1) is 9.79 Å². The molecule has 0 radical (unpaired) electrons. The summed E-state index contributed by atoms with van der Waals surface area (Å²) >= 11 is 0. The summed E-state index contributed by atoms with van der Waals surface area (Å²) in [5, 5.41) is 10.1. The third-order valence-corrected chi connectivity index (χ3v) is 8.92. The molecule has 0 saturated heterocycles. The van der Waals surface area contributed by atoms with Crippen molar-refractivity contribution >= 4 is 32.0 Å². The molecule has 0 aliphatic carbocycles. The molecule has 0 saturated carbocycles. The molecule has 1 N–H and O–H groups in total. The molecule has 3 aromatic rings. The Morgan fingerprint density at radius 1 is 0.853 bits per heavy atom. The second-order valence-corrected chi connectivity index (χ2v) is 12.0. The Kier molecular flexibility index (Phi) is 7.21. The van der Waals surface area contributed by atoms with Gasteiger partial charge in [0, 0.05) is 38.3 Å². The lowest BCUT2D eigenvalue weighted by Crippen LogP contribution is -2.33. The maximum Gasteiger partial charge on any atom is 0.322 e. The lowest BCUT2D eigenvalue weighted by molar-refractivity contribution is 0.102. The molecule has 1 amide bonds. The van der Waals surface area contributed by atoms with E-state index < -0.39 is 26.0 Å². The second-order valence-electron chi connectivity index (χ2n) is 7.82. The van der Waals surface area contributed by atoms with Crippen LogP contribution in [0.15, 0.2) is 62.7 Å². The van der Waals surface area contributed by atoms with Crippen molar-refractivity contribution in [3.8, 4) is 11.5 Å². The molecule has 34 heavy (non-hydrogen) atoms. The third-order valence-electron chi connectivity index (χ3n) is 5.05. The summed E-state index contributed by atoms with van der Waals surface area (Å²) in [6, 6.07) is 11.0. The molecule has 1 aromatic heterocycles. The molecule has 0 spiro atoms. The van der Waals surface area contributed by atoms with E-state index in [2.05, 4.69) is 15.5 Å². The first kappa shape index (κ1) is 25.5. The van der Waals surface area contributed by atoms with E-state index in [1.54, 1.807) is 13.8 Å². The van der Waals surface area contributed by atoms with Crippen LogP contribution in [-0.2, 0) is 20.0 Å². The SMILES string of the molecule is CC(C)N(C)S(=O)(=O)c1ccc(C(=O)Nc2nnc(-c3ccc(S(=O)(=O)N(C)C)cc3)o2)cc1. The topological polar surface area (TPSA) is 143 Å². The van der Waals surface area contributed by atoms with E-state index in [4.69, 9.17) is 4.42 Å². The monoisotopic (exact) mass is 507 g/mol. The minimum Gasteiger partial charge on any atom is -0.403 e. The minimum absolute atomic E-state index is 0.0695. The van der Waals surface area contributed by atoms with Crippen molar-refractivity contribution in [2.45, 2.75) is 29.7 Å². The molecule has 1 heterocycles. The summed E-state index contributed by atoms with van der Waals surface area (Å²) in [7, 11) is -2.87. The van der Waals surface area contributed by atoms with Gasteiger partial charge in [-0.2, -0.15) is 4.31 Å². The molecular formula is C21H25N5O6S2. The quantitative estimate of drug-likeness (QED) is 0.489. The Hall–Kier alpha value is -3.13. The number of nitrogens with one attached hydrogen (secondary N) is 1. The molecule has 2 aromatic carbocycles. The van der Waals surface area contributed by atoms with Crippen molar-refractivity contribution in [1.82, 2.24) is 18.8 Å².